The van der Waals surface area contributed by atoms with Crippen LogP contribution in [0.4, 0.5) is 13.2 Å². The quantitative estimate of drug-likeness (QED) is 0.878. The van der Waals surface area contributed by atoms with Crippen LogP contribution in [0.5, 0.6) is 0 Å². The second-order valence-corrected chi connectivity index (χ2v) is 6.95. The Bertz CT molecular complexity index is 738. The smallest absolute Gasteiger partial charge is 0.338 e. The zero-order valence-electron chi connectivity index (χ0n) is 14.2. The number of benzene rings is 1. The van der Waals surface area contributed by atoms with E-state index >= 15 is 0 Å². The molecule has 0 radical (unpaired) electrons. The number of nitrogens with one attached hydrogen (secondary N) is 1. The van der Waals surface area contributed by atoms with Gasteiger partial charge in [-0.05, 0) is 43.1 Å². The Morgan fingerprint density at radius 1 is 1.27 bits per heavy atom. The fourth-order valence-corrected chi connectivity index (χ4v) is 3.57. The van der Waals surface area contributed by atoms with Crippen LogP contribution in [0.1, 0.15) is 30.1 Å². The molecular weight excluding hydrogens is 365 g/mol. The zero-order chi connectivity index (χ0) is 18.8. The molecule has 1 aromatic heterocycles. The number of hydrogen-bond donors (Lipinski definition) is 1. The van der Waals surface area contributed by atoms with Gasteiger partial charge in [0.05, 0.1) is 0 Å². The molecule has 1 aliphatic rings. The lowest BCUT2D eigenvalue weighted by atomic mass is 9.86. The summed E-state index contributed by atoms with van der Waals surface area (Å²) in [5.41, 5.74) is -0.552. The lowest BCUT2D eigenvalue weighted by molar-refractivity contribution is -0.205. The summed E-state index contributed by atoms with van der Waals surface area (Å²) in [4.78, 5) is 14.4. The van der Waals surface area contributed by atoms with Gasteiger partial charge in [-0.25, -0.2) is 0 Å². The van der Waals surface area contributed by atoms with Gasteiger partial charge in [0.15, 0.2) is 0 Å². The standard InChI is InChI=1S/C17H19F3N4OS/c1-2-24-9-7-16(8-10-24,17(18,19)20)21-15(25)13-5-3-12(4-6-13)14-11-26-23-22-14/h3-6,11H,2,7-10H2,1H3,(H,21,25). The highest BCUT2D eigenvalue weighted by Crippen LogP contribution is 2.38. The summed E-state index contributed by atoms with van der Waals surface area (Å²) in [5.74, 6) is -0.713. The number of nitrogens with zero attached hydrogens (tertiary/aromatic N) is 3. The van der Waals surface area contributed by atoms with Crippen LogP contribution in [-0.4, -0.2) is 51.7 Å². The van der Waals surface area contributed by atoms with E-state index in [0.29, 0.717) is 25.3 Å². The summed E-state index contributed by atoms with van der Waals surface area (Å²) in [6.45, 7) is 3.24. The van der Waals surface area contributed by atoms with Gasteiger partial charge < -0.3 is 10.2 Å². The summed E-state index contributed by atoms with van der Waals surface area (Å²) in [5, 5.41) is 7.96. The Morgan fingerprint density at radius 2 is 1.92 bits per heavy atom. The Morgan fingerprint density at radius 3 is 2.42 bits per heavy atom. The van der Waals surface area contributed by atoms with Crippen molar-refractivity contribution in [2.75, 3.05) is 19.6 Å². The number of hydrogen-bond acceptors (Lipinski definition) is 5. The molecule has 2 heterocycles. The summed E-state index contributed by atoms with van der Waals surface area (Å²) >= 11 is 1.20. The molecule has 1 aromatic carbocycles. The van der Waals surface area contributed by atoms with E-state index in [-0.39, 0.29) is 18.4 Å². The van der Waals surface area contributed by atoms with Crippen LogP contribution in [0.3, 0.4) is 0 Å². The minimum Gasteiger partial charge on any atom is -0.338 e. The van der Waals surface area contributed by atoms with Gasteiger partial charge in [0.25, 0.3) is 5.91 Å². The molecule has 0 atom stereocenters. The topological polar surface area (TPSA) is 58.1 Å². The normalized spacial score (nSPS) is 17.8. The number of carbonyl (C=O) groups excluding carboxylic acids is 1. The summed E-state index contributed by atoms with van der Waals surface area (Å²) in [6, 6.07) is 6.34. The van der Waals surface area contributed by atoms with Gasteiger partial charge >= 0.3 is 6.18 Å². The van der Waals surface area contributed by atoms with Gasteiger partial charge in [-0.3, -0.25) is 4.79 Å². The van der Waals surface area contributed by atoms with E-state index in [1.165, 1.54) is 23.7 Å². The highest BCUT2D eigenvalue weighted by atomic mass is 32.1. The number of carbonyl (C=O) groups is 1. The average molecular weight is 384 g/mol. The minimum absolute atomic E-state index is 0.140. The molecule has 1 N–H and O–H groups in total. The van der Waals surface area contributed by atoms with E-state index in [1.54, 1.807) is 17.5 Å². The van der Waals surface area contributed by atoms with Crippen LogP contribution in [-0.2, 0) is 0 Å². The maximum Gasteiger partial charge on any atom is 0.411 e. The monoisotopic (exact) mass is 384 g/mol. The predicted octanol–water partition coefficient (Wildman–Crippen LogP) is 3.35. The van der Waals surface area contributed by atoms with Crippen molar-refractivity contribution in [3.05, 3.63) is 35.2 Å². The van der Waals surface area contributed by atoms with E-state index in [4.69, 9.17) is 0 Å². The summed E-state index contributed by atoms with van der Waals surface area (Å²) < 4.78 is 44.9. The molecule has 140 valence electrons. The number of rotatable bonds is 4. The van der Waals surface area contributed by atoms with E-state index in [0.717, 1.165) is 5.56 Å². The molecule has 0 saturated carbocycles. The van der Waals surface area contributed by atoms with Crippen LogP contribution in [0.25, 0.3) is 11.3 Å². The molecule has 1 saturated heterocycles. The third-order valence-corrected chi connectivity index (χ3v) is 5.36. The van der Waals surface area contributed by atoms with Gasteiger partial charge in [-0.1, -0.05) is 23.5 Å². The first kappa shape index (κ1) is 18.8. The first-order chi connectivity index (χ1) is 12.3. The van der Waals surface area contributed by atoms with Crippen molar-refractivity contribution in [2.45, 2.75) is 31.5 Å². The van der Waals surface area contributed by atoms with Crippen molar-refractivity contribution in [1.29, 1.82) is 0 Å². The first-order valence-corrected chi connectivity index (χ1v) is 9.17. The van der Waals surface area contributed by atoms with Gasteiger partial charge in [0.2, 0.25) is 0 Å². The van der Waals surface area contributed by atoms with Gasteiger partial charge in [0, 0.05) is 29.6 Å². The molecule has 1 amide bonds. The third-order valence-electron chi connectivity index (χ3n) is 4.86. The molecule has 3 rings (SSSR count). The van der Waals surface area contributed by atoms with Crippen molar-refractivity contribution >= 4 is 17.4 Å². The maximum atomic E-state index is 13.7. The molecule has 0 aliphatic carbocycles. The second kappa shape index (κ2) is 7.32. The minimum atomic E-state index is -4.49. The van der Waals surface area contributed by atoms with E-state index < -0.39 is 17.6 Å². The summed E-state index contributed by atoms with van der Waals surface area (Å²) in [6.07, 6.45) is -4.77. The largest absolute Gasteiger partial charge is 0.411 e. The van der Waals surface area contributed by atoms with Crippen LogP contribution >= 0.6 is 11.5 Å². The summed E-state index contributed by atoms with van der Waals surface area (Å²) in [7, 11) is 0. The van der Waals surface area contributed by atoms with Gasteiger partial charge in [-0.2, -0.15) is 13.2 Å². The molecular formula is C17H19F3N4OS. The molecule has 0 spiro atoms. The highest BCUT2D eigenvalue weighted by molar-refractivity contribution is 7.03. The van der Waals surface area contributed by atoms with Crippen LogP contribution < -0.4 is 5.32 Å². The number of amides is 1. The van der Waals surface area contributed by atoms with Crippen LogP contribution in [0, 0.1) is 0 Å². The fraction of sp³-hybridized carbons (Fsp3) is 0.471. The van der Waals surface area contributed by atoms with Crippen molar-refractivity contribution in [2.24, 2.45) is 0 Å². The fourth-order valence-electron chi connectivity index (χ4n) is 3.10. The molecule has 1 aliphatic heterocycles. The Kier molecular flexibility index (Phi) is 5.29. The van der Waals surface area contributed by atoms with E-state index in [1.807, 2.05) is 11.8 Å². The molecule has 26 heavy (non-hydrogen) atoms. The molecule has 5 nitrogen and oxygen atoms in total. The van der Waals surface area contributed by atoms with Crippen molar-refractivity contribution in [3.8, 4) is 11.3 Å². The number of halogens is 3. The molecule has 1 fully saturated rings. The van der Waals surface area contributed by atoms with Crippen LogP contribution in [0.2, 0.25) is 0 Å². The lowest BCUT2D eigenvalue weighted by Crippen LogP contribution is -2.63. The average Bonchev–Trinajstić information content (AvgIpc) is 3.16. The molecule has 0 bridgehead atoms. The Labute approximate surface area is 153 Å². The Balaban J connectivity index is 1.76. The highest BCUT2D eigenvalue weighted by Gasteiger charge is 2.56. The maximum absolute atomic E-state index is 13.7. The molecule has 0 unspecified atom stereocenters. The third kappa shape index (κ3) is 3.73. The molecule has 9 heteroatoms. The number of likely N-dealkylation sites (tertiary alicyclic amines) is 1. The van der Waals surface area contributed by atoms with Gasteiger partial charge in [-0.15, -0.1) is 5.10 Å². The zero-order valence-corrected chi connectivity index (χ0v) is 15.0. The molecule has 2 aromatic rings. The van der Waals surface area contributed by atoms with E-state index in [2.05, 4.69) is 14.9 Å². The van der Waals surface area contributed by atoms with E-state index in [9.17, 15) is 18.0 Å². The van der Waals surface area contributed by atoms with Crippen LogP contribution in [0.15, 0.2) is 29.6 Å². The number of aromatic nitrogens is 2. The van der Waals surface area contributed by atoms with Crippen molar-refractivity contribution < 1.29 is 18.0 Å². The van der Waals surface area contributed by atoms with Crippen molar-refractivity contribution in [1.82, 2.24) is 19.8 Å². The number of alkyl halides is 3. The first-order valence-electron chi connectivity index (χ1n) is 8.34. The lowest BCUT2D eigenvalue weighted by Gasteiger charge is -2.43. The second-order valence-electron chi connectivity index (χ2n) is 6.34. The van der Waals surface area contributed by atoms with Crippen molar-refractivity contribution in [3.63, 3.8) is 0 Å². The predicted molar refractivity (Wildman–Crippen MR) is 92.9 cm³/mol. The Hall–Kier alpha value is -2.00. The SMILES string of the molecule is CCN1CCC(NC(=O)c2ccc(-c3csnn3)cc2)(C(F)(F)F)CC1. The van der Waals surface area contributed by atoms with Gasteiger partial charge in [0.1, 0.15) is 11.2 Å². The number of piperidine rings is 1.